The third kappa shape index (κ3) is 3.04. The van der Waals surface area contributed by atoms with E-state index in [-0.39, 0.29) is 0 Å². The monoisotopic (exact) mass is 301 g/mol. The number of hydrogen-bond donors (Lipinski definition) is 1. The van der Waals surface area contributed by atoms with Gasteiger partial charge in [-0.1, -0.05) is 12.1 Å². The number of benzene rings is 1. The van der Waals surface area contributed by atoms with Crippen LogP contribution < -0.4 is 4.72 Å². The lowest BCUT2D eigenvalue weighted by Crippen LogP contribution is -2.11. The number of rotatable bonds is 4. The van der Waals surface area contributed by atoms with Crippen LogP contribution in [0.3, 0.4) is 0 Å². The molecule has 1 heterocycles. The Balaban J connectivity index is 2.22. The molecule has 0 fully saturated rings. The first kappa shape index (κ1) is 13.4. The number of halogens is 1. The van der Waals surface area contributed by atoms with Gasteiger partial charge in [0.2, 0.25) is 0 Å². The molecule has 6 heteroatoms. The summed E-state index contributed by atoms with van der Waals surface area (Å²) < 4.78 is 26.9. The molecule has 2 rings (SSSR count). The van der Waals surface area contributed by atoms with E-state index >= 15 is 0 Å². The van der Waals surface area contributed by atoms with Crippen molar-refractivity contribution >= 4 is 38.6 Å². The Kier molecular flexibility index (Phi) is 3.94. The molecule has 96 valence electrons. The highest BCUT2D eigenvalue weighted by atomic mass is 35.5. The summed E-state index contributed by atoms with van der Waals surface area (Å²) in [5.74, 6) is 0.414. The van der Waals surface area contributed by atoms with Gasteiger partial charge >= 0.3 is 0 Å². The van der Waals surface area contributed by atoms with Crippen molar-refractivity contribution in [2.24, 2.45) is 0 Å². The maximum absolute atomic E-state index is 12.0. The fourth-order valence-electron chi connectivity index (χ4n) is 1.42. The molecule has 0 saturated heterocycles. The van der Waals surface area contributed by atoms with Crippen LogP contribution in [-0.2, 0) is 15.9 Å². The lowest BCUT2D eigenvalue weighted by atomic mass is 10.2. The van der Waals surface area contributed by atoms with Gasteiger partial charge in [-0.3, -0.25) is 4.72 Å². The fraction of sp³-hybridized carbons (Fsp3) is 0.167. The molecule has 0 saturated carbocycles. The minimum Gasteiger partial charge on any atom is -0.279 e. The number of anilines is 1. The molecule has 1 aromatic carbocycles. The maximum atomic E-state index is 12.0. The van der Waals surface area contributed by atoms with E-state index in [1.807, 2.05) is 6.92 Å². The van der Waals surface area contributed by atoms with Gasteiger partial charge in [-0.25, -0.2) is 8.42 Å². The van der Waals surface area contributed by atoms with Gasteiger partial charge in [-0.15, -0.1) is 22.9 Å². The van der Waals surface area contributed by atoms with Crippen LogP contribution >= 0.6 is 22.9 Å². The molecule has 3 nitrogen and oxygen atoms in total. The summed E-state index contributed by atoms with van der Waals surface area (Å²) in [6, 6.07) is 10.4. The highest BCUT2D eigenvalue weighted by Crippen LogP contribution is 2.23. The van der Waals surface area contributed by atoms with Gasteiger partial charge in [0, 0.05) is 16.4 Å². The Morgan fingerprint density at radius 1 is 1.17 bits per heavy atom. The average molecular weight is 302 g/mol. The first-order valence-corrected chi connectivity index (χ1v) is 8.09. The molecule has 0 aliphatic heterocycles. The lowest BCUT2D eigenvalue weighted by Gasteiger charge is -2.06. The molecule has 0 radical (unpaired) electrons. The Morgan fingerprint density at radius 2 is 1.83 bits per heavy atom. The molecule has 0 spiro atoms. The number of alkyl halides is 1. The zero-order valence-corrected chi connectivity index (χ0v) is 12.1. The molecule has 0 bridgehead atoms. The average Bonchev–Trinajstić information content (AvgIpc) is 2.77. The van der Waals surface area contributed by atoms with E-state index < -0.39 is 10.0 Å². The maximum Gasteiger partial charge on any atom is 0.271 e. The van der Waals surface area contributed by atoms with Gasteiger partial charge in [-0.05, 0) is 36.8 Å². The predicted octanol–water partition coefficient (Wildman–Crippen LogP) is 3.60. The van der Waals surface area contributed by atoms with E-state index in [0.29, 0.717) is 15.8 Å². The van der Waals surface area contributed by atoms with Crippen LogP contribution in [0.15, 0.2) is 40.6 Å². The van der Waals surface area contributed by atoms with Crippen LogP contribution in [0.2, 0.25) is 0 Å². The van der Waals surface area contributed by atoms with Crippen LogP contribution in [-0.4, -0.2) is 8.42 Å². The van der Waals surface area contributed by atoms with E-state index in [1.165, 1.54) is 11.3 Å². The van der Waals surface area contributed by atoms with Gasteiger partial charge in [0.1, 0.15) is 4.21 Å². The highest BCUT2D eigenvalue weighted by molar-refractivity contribution is 7.94. The second kappa shape index (κ2) is 5.30. The van der Waals surface area contributed by atoms with E-state index in [1.54, 1.807) is 36.4 Å². The summed E-state index contributed by atoms with van der Waals surface area (Å²) in [7, 11) is -3.48. The first-order chi connectivity index (χ1) is 8.51. The van der Waals surface area contributed by atoms with Gasteiger partial charge in [-0.2, -0.15) is 0 Å². The number of nitrogens with one attached hydrogen (secondary N) is 1. The van der Waals surface area contributed by atoms with Crippen LogP contribution in [0.25, 0.3) is 0 Å². The second-order valence-corrected chi connectivity index (χ2v) is 7.27. The lowest BCUT2D eigenvalue weighted by molar-refractivity contribution is 0.603. The van der Waals surface area contributed by atoms with E-state index in [0.717, 1.165) is 10.4 Å². The Hall–Kier alpha value is -1.04. The van der Waals surface area contributed by atoms with E-state index in [9.17, 15) is 8.42 Å². The zero-order valence-electron chi connectivity index (χ0n) is 9.68. The van der Waals surface area contributed by atoms with Crippen LogP contribution in [0.1, 0.15) is 10.4 Å². The zero-order chi connectivity index (χ0) is 13.2. The number of hydrogen-bond acceptors (Lipinski definition) is 3. The molecule has 0 aliphatic rings. The van der Waals surface area contributed by atoms with Crippen molar-refractivity contribution in [2.45, 2.75) is 17.0 Å². The van der Waals surface area contributed by atoms with Crippen molar-refractivity contribution in [3.63, 3.8) is 0 Å². The number of sulfonamides is 1. The van der Waals surface area contributed by atoms with E-state index in [2.05, 4.69) is 4.72 Å². The summed E-state index contributed by atoms with van der Waals surface area (Å²) in [4.78, 5) is 0.966. The summed E-state index contributed by atoms with van der Waals surface area (Å²) in [5.41, 5.74) is 1.49. The van der Waals surface area contributed by atoms with Gasteiger partial charge < -0.3 is 0 Å². The number of aryl methyl sites for hydroxylation is 1. The van der Waals surface area contributed by atoms with Crippen molar-refractivity contribution in [1.82, 2.24) is 0 Å². The van der Waals surface area contributed by atoms with Crippen molar-refractivity contribution < 1.29 is 8.42 Å². The molecule has 1 aromatic heterocycles. The highest BCUT2D eigenvalue weighted by Gasteiger charge is 2.15. The van der Waals surface area contributed by atoms with Crippen molar-refractivity contribution in [1.29, 1.82) is 0 Å². The van der Waals surface area contributed by atoms with Crippen molar-refractivity contribution in [3.05, 3.63) is 46.8 Å². The SMILES string of the molecule is Cc1ccc(S(=O)(=O)Nc2ccc(CCl)cc2)s1. The Labute approximate surface area is 115 Å². The van der Waals surface area contributed by atoms with Crippen LogP contribution in [0.5, 0.6) is 0 Å². The molecule has 0 unspecified atom stereocenters. The smallest absolute Gasteiger partial charge is 0.271 e. The standard InChI is InChI=1S/C12H12ClNO2S2/c1-9-2-7-12(17-9)18(15,16)14-11-5-3-10(8-13)4-6-11/h2-7,14H,8H2,1H3. The largest absolute Gasteiger partial charge is 0.279 e. The fourth-order valence-corrected chi connectivity index (χ4v) is 3.94. The molecule has 0 amide bonds. The molecule has 1 N–H and O–H groups in total. The third-order valence-electron chi connectivity index (χ3n) is 2.34. The normalized spacial score (nSPS) is 11.4. The topological polar surface area (TPSA) is 46.2 Å². The van der Waals surface area contributed by atoms with Crippen molar-refractivity contribution in [3.8, 4) is 0 Å². The molecular weight excluding hydrogens is 290 g/mol. The minimum atomic E-state index is -3.48. The molecule has 0 aliphatic carbocycles. The van der Waals surface area contributed by atoms with Gasteiger partial charge in [0.05, 0.1) is 0 Å². The minimum absolute atomic E-state index is 0.321. The predicted molar refractivity (Wildman–Crippen MR) is 75.9 cm³/mol. The van der Waals surface area contributed by atoms with Crippen LogP contribution in [0.4, 0.5) is 5.69 Å². The number of thiophene rings is 1. The van der Waals surface area contributed by atoms with Crippen molar-refractivity contribution in [2.75, 3.05) is 4.72 Å². The molecular formula is C12H12ClNO2S2. The summed E-state index contributed by atoms with van der Waals surface area (Å²) in [6.45, 7) is 1.87. The quantitative estimate of drug-likeness (QED) is 0.877. The Bertz CT molecular complexity index is 632. The Morgan fingerprint density at radius 3 is 2.33 bits per heavy atom. The first-order valence-electron chi connectivity index (χ1n) is 5.25. The third-order valence-corrected chi connectivity index (χ3v) is 5.52. The molecule has 2 aromatic rings. The molecule has 0 atom stereocenters. The van der Waals surface area contributed by atoms with Gasteiger partial charge in [0.25, 0.3) is 10.0 Å². The van der Waals surface area contributed by atoms with E-state index in [4.69, 9.17) is 11.6 Å². The molecule has 18 heavy (non-hydrogen) atoms. The summed E-state index contributed by atoms with van der Waals surface area (Å²) >= 11 is 6.92. The van der Waals surface area contributed by atoms with Crippen LogP contribution in [0, 0.1) is 6.92 Å². The summed E-state index contributed by atoms with van der Waals surface area (Å²) in [6.07, 6.45) is 0. The second-order valence-electron chi connectivity index (χ2n) is 3.80. The summed E-state index contributed by atoms with van der Waals surface area (Å²) in [5, 5.41) is 0. The van der Waals surface area contributed by atoms with Gasteiger partial charge in [0.15, 0.2) is 0 Å².